The number of nitrogens with zero attached hydrogens (tertiary/aromatic N) is 2. The van der Waals surface area contributed by atoms with E-state index in [0.717, 1.165) is 48.3 Å². The van der Waals surface area contributed by atoms with Crippen molar-refractivity contribution >= 4 is 10.0 Å². The van der Waals surface area contributed by atoms with Crippen molar-refractivity contribution in [1.29, 1.82) is 0 Å². The van der Waals surface area contributed by atoms with Crippen molar-refractivity contribution in [3.63, 3.8) is 0 Å². The predicted octanol–water partition coefficient (Wildman–Crippen LogP) is 2.55. The molecule has 2 aromatic rings. The van der Waals surface area contributed by atoms with Crippen LogP contribution in [0.15, 0.2) is 24.3 Å². The molecule has 0 fully saturated rings. The molecule has 0 saturated heterocycles. The molecule has 1 aliphatic carbocycles. The van der Waals surface area contributed by atoms with Crippen LogP contribution in [0.2, 0.25) is 0 Å². The second-order valence-electron chi connectivity index (χ2n) is 6.12. The summed E-state index contributed by atoms with van der Waals surface area (Å²) in [5.41, 5.74) is 2.45. The van der Waals surface area contributed by atoms with Gasteiger partial charge in [0.25, 0.3) is 0 Å². The molecule has 0 saturated carbocycles. The van der Waals surface area contributed by atoms with Gasteiger partial charge >= 0.3 is 6.18 Å². The van der Waals surface area contributed by atoms with E-state index >= 15 is 0 Å². The van der Waals surface area contributed by atoms with Gasteiger partial charge in [0.1, 0.15) is 0 Å². The SMILES string of the molecule is Cn1nc2c(c1CNS(=O)(=O)Cc1ccc(C(F)(F)F)cc1)CCC2. The van der Waals surface area contributed by atoms with E-state index in [0.29, 0.717) is 5.56 Å². The molecule has 1 heterocycles. The normalized spacial score (nSPS) is 14.7. The summed E-state index contributed by atoms with van der Waals surface area (Å²) >= 11 is 0. The molecule has 25 heavy (non-hydrogen) atoms. The Morgan fingerprint density at radius 2 is 1.88 bits per heavy atom. The molecule has 1 aromatic carbocycles. The molecule has 0 bridgehead atoms. The van der Waals surface area contributed by atoms with Crippen LogP contribution in [0.4, 0.5) is 13.2 Å². The van der Waals surface area contributed by atoms with E-state index in [2.05, 4.69) is 9.82 Å². The standard InChI is InChI=1S/C16H18F3N3O2S/c1-22-15(13-3-2-4-14(13)21-22)9-20-25(23,24)10-11-5-7-12(8-6-11)16(17,18)19/h5-8,20H,2-4,9-10H2,1H3. The van der Waals surface area contributed by atoms with Gasteiger partial charge in [0.15, 0.2) is 0 Å². The molecule has 0 radical (unpaired) electrons. The Hall–Kier alpha value is -1.87. The van der Waals surface area contributed by atoms with Crippen LogP contribution in [0, 0.1) is 0 Å². The largest absolute Gasteiger partial charge is 0.416 e. The number of nitrogens with one attached hydrogen (secondary N) is 1. The highest BCUT2D eigenvalue weighted by atomic mass is 32.2. The first-order chi connectivity index (χ1) is 11.7. The van der Waals surface area contributed by atoms with Crippen LogP contribution < -0.4 is 4.72 Å². The fourth-order valence-corrected chi connectivity index (χ4v) is 4.14. The first kappa shape index (κ1) is 17.9. The van der Waals surface area contributed by atoms with Crippen LogP contribution in [0.5, 0.6) is 0 Å². The lowest BCUT2D eigenvalue weighted by molar-refractivity contribution is -0.137. The Labute approximate surface area is 143 Å². The number of aryl methyl sites for hydroxylation is 2. The lowest BCUT2D eigenvalue weighted by atomic mass is 10.1. The van der Waals surface area contributed by atoms with Crippen LogP contribution in [-0.4, -0.2) is 18.2 Å². The average Bonchev–Trinajstić information content (AvgIpc) is 3.05. The van der Waals surface area contributed by atoms with E-state index in [4.69, 9.17) is 0 Å². The third-order valence-corrected chi connectivity index (χ3v) is 5.59. The molecule has 1 aromatic heterocycles. The van der Waals surface area contributed by atoms with Crippen molar-refractivity contribution in [1.82, 2.24) is 14.5 Å². The summed E-state index contributed by atoms with van der Waals surface area (Å²) in [6.07, 6.45) is -1.63. The summed E-state index contributed by atoms with van der Waals surface area (Å²) in [4.78, 5) is 0. The summed E-state index contributed by atoms with van der Waals surface area (Å²) in [6, 6.07) is 4.14. The number of benzene rings is 1. The topological polar surface area (TPSA) is 64.0 Å². The van der Waals surface area contributed by atoms with E-state index in [1.165, 1.54) is 12.1 Å². The summed E-state index contributed by atoms with van der Waals surface area (Å²) in [5.74, 6) is -0.370. The number of alkyl halides is 3. The second kappa shape index (κ2) is 6.45. The van der Waals surface area contributed by atoms with E-state index in [1.54, 1.807) is 11.7 Å². The van der Waals surface area contributed by atoms with Gasteiger partial charge in [0.05, 0.1) is 29.2 Å². The lowest BCUT2D eigenvalue weighted by Gasteiger charge is -2.10. The number of halogens is 3. The van der Waals surface area contributed by atoms with Crippen molar-refractivity contribution < 1.29 is 21.6 Å². The van der Waals surface area contributed by atoms with E-state index in [-0.39, 0.29) is 12.3 Å². The smallest absolute Gasteiger partial charge is 0.271 e. The van der Waals surface area contributed by atoms with Gasteiger partial charge in [-0.2, -0.15) is 18.3 Å². The summed E-state index contributed by atoms with van der Waals surface area (Å²) < 4.78 is 66.3. The maximum absolute atomic E-state index is 12.5. The van der Waals surface area contributed by atoms with Crippen molar-refractivity contribution in [2.24, 2.45) is 7.05 Å². The Balaban J connectivity index is 1.67. The van der Waals surface area contributed by atoms with Crippen LogP contribution >= 0.6 is 0 Å². The first-order valence-corrected chi connectivity index (χ1v) is 9.48. The van der Waals surface area contributed by atoms with Gasteiger partial charge in [0.2, 0.25) is 10.0 Å². The van der Waals surface area contributed by atoms with Crippen molar-refractivity contribution in [3.8, 4) is 0 Å². The van der Waals surface area contributed by atoms with Crippen LogP contribution in [0.3, 0.4) is 0 Å². The Morgan fingerprint density at radius 3 is 2.52 bits per heavy atom. The quantitative estimate of drug-likeness (QED) is 0.876. The lowest BCUT2D eigenvalue weighted by Crippen LogP contribution is -2.26. The minimum Gasteiger partial charge on any atom is -0.271 e. The van der Waals surface area contributed by atoms with Crippen molar-refractivity contribution in [2.45, 2.75) is 37.7 Å². The predicted molar refractivity (Wildman–Crippen MR) is 86.1 cm³/mol. The molecule has 9 heteroatoms. The summed E-state index contributed by atoms with van der Waals surface area (Å²) in [7, 11) is -1.89. The van der Waals surface area contributed by atoms with E-state index in [1.807, 2.05) is 0 Å². The van der Waals surface area contributed by atoms with Crippen LogP contribution in [0.25, 0.3) is 0 Å². The van der Waals surface area contributed by atoms with E-state index in [9.17, 15) is 21.6 Å². The minimum absolute atomic E-state index is 0.127. The zero-order chi connectivity index (χ0) is 18.2. The second-order valence-corrected chi connectivity index (χ2v) is 7.93. The first-order valence-electron chi connectivity index (χ1n) is 7.83. The third-order valence-electron chi connectivity index (χ3n) is 4.30. The number of rotatable bonds is 5. The summed E-state index contributed by atoms with van der Waals surface area (Å²) in [6.45, 7) is 0.127. The molecule has 3 rings (SSSR count). The average molecular weight is 373 g/mol. The highest BCUT2D eigenvalue weighted by Crippen LogP contribution is 2.29. The zero-order valence-corrected chi connectivity index (χ0v) is 14.4. The van der Waals surface area contributed by atoms with Crippen molar-refractivity contribution in [2.75, 3.05) is 0 Å². The number of hydrogen-bond acceptors (Lipinski definition) is 3. The fourth-order valence-electron chi connectivity index (χ4n) is 3.05. The molecule has 0 spiro atoms. The molecule has 136 valence electrons. The molecule has 5 nitrogen and oxygen atoms in total. The van der Waals surface area contributed by atoms with Gasteiger partial charge in [-0.1, -0.05) is 12.1 Å². The maximum Gasteiger partial charge on any atom is 0.416 e. The van der Waals surface area contributed by atoms with Crippen LogP contribution in [-0.2, 0) is 48.4 Å². The van der Waals surface area contributed by atoms with Gasteiger partial charge in [-0.3, -0.25) is 4.68 Å². The molecule has 0 unspecified atom stereocenters. The van der Waals surface area contributed by atoms with Gasteiger partial charge in [-0.05, 0) is 42.5 Å². The maximum atomic E-state index is 12.5. The van der Waals surface area contributed by atoms with Gasteiger partial charge in [-0.25, -0.2) is 13.1 Å². The molecule has 0 amide bonds. The molecular weight excluding hydrogens is 355 g/mol. The minimum atomic E-state index is -4.43. The van der Waals surface area contributed by atoms with Crippen molar-refractivity contribution in [3.05, 3.63) is 52.3 Å². The highest BCUT2D eigenvalue weighted by Gasteiger charge is 2.30. The van der Waals surface area contributed by atoms with E-state index < -0.39 is 21.8 Å². The molecular formula is C16H18F3N3O2S. The number of sulfonamides is 1. The highest BCUT2D eigenvalue weighted by molar-refractivity contribution is 7.88. The summed E-state index contributed by atoms with van der Waals surface area (Å²) in [5, 5.41) is 4.38. The number of aromatic nitrogens is 2. The van der Waals surface area contributed by atoms with Gasteiger partial charge in [-0.15, -0.1) is 0 Å². The van der Waals surface area contributed by atoms with Crippen LogP contribution in [0.1, 0.15) is 34.5 Å². The molecule has 0 aliphatic heterocycles. The molecule has 0 atom stereocenters. The van der Waals surface area contributed by atoms with Gasteiger partial charge in [0, 0.05) is 7.05 Å². The number of hydrogen-bond donors (Lipinski definition) is 1. The fraction of sp³-hybridized carbons (Fsp3) is 0.438. The third kappa shape index (κ3) is 4.04. The molecule has 1 aliphatic rings. The number of fused-ring (bicyclic) bond motifs is 1. The molecule has 1 N–H and O–H groups in total. The Kier molecular flexibility index (Phi) is 4.63. The zero-order valence-electron chi connectivity index (χ0n) is 13.6. The Bertz CT molecular complexity index is 871. The van der Waals surface area contributed by atoms with Gasteiger partial charge < -0.3 is 0 Å². The monoisotopic (exact) mass is 373 g/mol. The Morgan fingerprint density at radius 1 is 1.20 bits per heavy atom.